The molecule has 1 amide bonds. The summed E-state index contributed by atoms with van der Waals surface area (Å²) in [5.74, 6) is 0.537. The van der Waals surface area contributed by atoms with Crippen molar-refractivity contribution >= 4 is 17.2 Å². The van der Waals surface area contributed by atoms with E-state index in [0.717, 1.165) is 39.0 Å². The summed E-state index contributed by atoms with van der Waals surface area (Å²) in [6.07, 6.45) is 4.36. The van der Waals surface area contributed by atoms with E-state index in [4.69, 9.17) is 0 Å². The van der Waals surface area contributed by atoms with Crippen LogP contribution in [0.4, 0.5) is 0 Å². The zero-order valence-corrected chi connectivity index (χ0v) is 15.4. The first-order valence-electron chi connectivity index (χ1n) is 9.32. The van der Waals surface area contributed by atoms with Crippen molar-refractivity contribution in [2.75, 3.05) is 19.6 Å². The van der Waals surface area contributed by atoms with Crippen LogP contribution >= 0.6 is 11.3 Å². The summed E-state index contributed by atoms with van der Waals surface area (Å²) in [5.41, 5.74) is 1.60. The van der Waals surface area contributed by atoms with E-state index in [-0.39, 0.29) is 11.8 Å². The number of piperidine rings is 1. The van der Waals surface area contributed by atoms with Gasteiger partial charge in [0.1, 0.15) is 0 Å². The number of nitrogens with one attached hydrogen (secondary N) is 1. The second-order valence-electron chi connectivity index (χ2n) is 7.50. The van der Waals surface area contributed by atoms with Crippen LogP contribution in [-0.2, 0) is 17.8 Å². The molecular weight excluding hydrogens is 328 g/mol. The van der Waals surface area contributed by atoms with Crippen LogP contribution in [0.1, 0.15) is 29.7 Å². The van der Waals surface area contributed by atoms with Crippen LogP contribution in [0.5, 0.6) is 0 Å². The molecule has 3 nitrogen and oxygen atoms in total. The molecule has 1 aromatic heterocycles. The van der Waals surface area contributed by atoms with E-state index in [1.807, 2.05) is 17.4 Å². The van der Waals surface area contributed by atoms with Crippen molar-refractivity contribution in [3.8, 4) is 0 Å². The van der Waals surface area contributed by atoms with Crippen LogP contribution in [0, 0.1) is 11.3 Å². The van der Waals surface area contributed by atoms with E-state index >= 15 is 0 Å². The predicted molar refractivity (Wildman–Crippen MR) is 103 cm³/mol. The van der Waals surface area contributed by atoms with E-state index in [2.05, 4.69) is 52.0 Å². The first-order chi connectivity index (χ1) is 12.3. The molecule has 4 heteroatoms. The van der Waals surface area contributed by atoms with Gasteiger partial charge < -0.3 is 5.32 Å². The summed E-state index contributed by atoms with van der Waals surface area (Å²) in [7, 11) is 0. The summed E-state index contributed by atoms with van der Waals surface area (Å²) in [4.78, 5) is 16.5. The number of nitrogens with zero attached hydrogens (tertiary/aromatic N) is 1. The molecule has 2 heterocycles. The van der Waals surface area contributed by atoms with Crippen LogP contribution in [0.2, 0.25) is 0 Å². The number of likely N-dealkylation sites (tertiary alicyclic amines) is 1. The van der Waals surface area contributed by atoms with Crippen molar-refractivity contribution in [3.63, 3.8) is 0 Å². The van der Waals surface area contributed by atoms with Gasteiger partial charge >= 0.3 is 0 Å². The largest absolute Gasteiger partial charge is 0.356 e. The summed E-state index contributed by atoms with van der Waals surface area (Å²) in [5, 5.41) is 5.31. The molecule has 2 aromatic rings. The van der Waals surface area contributed by atoms with Crippen molar-refractivity contribution in [1.29, 1.82) is 0 Å². The number of hydrogen-bond donors (Lipinski definition) is 1. The average Bonchev–Trinajstić information content (AvgIpc) is 3.09. The summed E-state index contributed by atoms with van der Waals surface area (Å²) >= 11 is 1.84. The van der Waals surface area contributed by atoms with Gasteiger partial charge in [0.2, 0.25) is 5.91 Å². The lowest BCUT2D eigenvalue weighted by atomic mass is 9.90. The topological polar surface area (TPSA) is 32.3 Å². The maximum absolute atomic E-state index is 12.5. The van der Waals surface area contributed by atoms with Gasteiger partial charge in [-0.1, -0.05) is 36.4 Å². The monoisotopic (exact) mass is 354 g/mol. The van der Waals surface area contributed by atoms with Gasteiger partial charge in [-0.05, 0) is 61.2 Å². The molecule has 1 saturated carbocycles. The number of carbonyl (C=O) groups is 1. The van der Waals surface area contributed by atoms with Crippen LogP contribution < -0.4 is 5.32 Å². The van der Waals surface area contributed by atoms with Crippen molar-refractivity contribution in [2.45, 2.75) is 32.2 Å². The Morgan fingerprint density at radius 2 is 1.96 bits per heavy atom. The second kappa shape index (κ2) is 7.30. The molecule has 1 N–H and O–H groups in total. The maximum atomic E-state index is 12.5. The lowest BCUT2D eigenvalue weighted by molar-refractivity contribution is -0.123. The summed E-state index contributed by atoms with van der Waals surface area (Å²) in [6, 6.07) is 14.7. The normalized spacial score (nSPS) is 22.0. The fourth-order valence-electron chi connectivity index (χ4n) is 4.15. The molecule has 1 aliphatic carbocycles. The molecule has 0 radical (unpaired) electrons. The Bertz CT molecular complexity index is 690. The Kier molecular flexibility index (Phi) is 4.91. The number of hydrogen-bond acceptors (Lipinski definition) is 3. The zero-order chi connectivity index (χ0) is 17.1. The first kappa shape index (κ1) is 16.8. The number of benzene rings is 1. The van der Waals surface area contributed by atoms with Gasteiger partial charge in [0.15, 0.2) is 0 Å². The molecule has 1 unspecified atom stereocenters. The van der Waals surface area contributed by atoms with Gasteiger partial charge in [0.05, 0.1) is 0 Å². The molecule has 25 heavy (non-hydrogen) atoms. The molecule has 1 saturated heterocycles. The van der Waals surface area contributed by atoms with Gasteiger partial charge in [-0.2, -0.15) is 0 Å². The molecule has 2 aliphatic rings. The van der Waals surface area contributed by atoms with Crippen LogP contribution in [-0.4, -0.2) is 30.4 Å². The highest BCUT2D eigenvalue weighted by atomic mass is 32.1. The predicted octanol–water partition coefficient (Wildman–Crippen LogP) is 3.71. The molecule has 1 aliphatic heterocycles. The minimum absolute atomic E-state index is 0.257. The van der Waals surface area contributed by atoms with Crippen LogP contribution in [0.15, 0.2) is 47.8 Å². The molecule has 2 fully saturated rings. The highest BCUT2D eigenvalue weighted by Crippen LogP contribution is 2.59. The third kappa shape index (κ3) is 3.96. The Morgan fingerprint density at radius 1 is 1.16 bits per heavy atom. The average molecular weight is 355 g/mol. The quantitative estimate of drug-likeness (QED) is 0.858. The van der Waals surface area contributed by atoms with E-state index in [1.54, 1.807) is 0 Å². The number of carbonyl (C=O) groups excluding carboxylic acids is 1. The van der Waals surface area contributed by atoms with E-state index < -0.39 is 0 Å². The first-order valence-corrected chi connectivity index (χ1v) is 10.2. The SMILES string of the molecule is O=C(NCCc1ccccc1)C1CC12CCN(Cc1cccs1)CC2. The minimum atomic E-state index is 0.257. The number of amides is 1. The smallest absolute Gasteiger partial charge is 0.223 e. The Balaban J connectivity index is 1.20. The van der Waals surface area contributed by atoms with Crippen molar-refractivity contribution in [1.82, 2.24) is 10.2 Å². The lowest BCUT2D eigenvalue weighted by Gasteiger charge is -2.32. The maximum Gasteiger partial charge on any atom is 0.223 e. The molecule has 1 aromatic carbocycles. The third-order valence-electron chi connectivity index (χ3n) is 5.87. The number of rotatable bonds is 6. The van der Waals surface area contributed by atoms with Crippen molar-refractivity contribution in [2.24, 2.45) is 11.3 Å². The molecule has 4 rings (SSSR count). The van der Waals surface area contributed by atoms with Crippen LogP contribution in [0.25, 0.3) is 0 Å². The fourth-order valence-corrected chi connectivity index (χ4v) is 4.89. The highest BCUT2D eigenvalue weighted by molar-refractivity contribution is 7.09. The van der Waals surface area contributed by atoms with Gasteiger partial charge in [-0.3, -0.25) is 9.69 Å². The standard InChI is InChI=1S/C21H26N2OS/c24-20(22-11-8-17-5-2-1-3-6-17)19-15-21(19)9-12-23(13-10-21)16-18-7-4-14-25-18/h1-7,14,19H,8-13,15-16H2,(H,22,24). The van der Waals surface area contributed by atoms with Gasteiger partial charge in [-0.25, -0.2) is 0 Å². The third-order valence-corrected chi connectivity index (χ3v) is 6.73. The van der Waals surface area contributed by atoms with E-state index in [0.29, 0.717) is 5.41 Å². The van der Waals surface area contributed by atoms with Crippen molar-refractivity contribution < 1.29 is 4.79 Å². The van der Waals surface area contributed by atoms with Gasteiger partial charge in [-0.15, -0.1) is 11.3 Å². The fraction of sp³-hybridized carbons (Fsp3) is 0.476. The lowest BCUT2D eigenvalue weighted by Crippen LogP contribution is -2.36. The summed E-state index contributed by atoms with van der Waals surface area (Å²) < 4.78 is 0. The van der Waals surface area contributed by atoms with E-state index in [9.17, 15) is 4.79 Å². The van der Waals surface area contributed by atoms with Crippen molar-refractivity contribution in [3.05, 3.63) is 58.3 Å². The number of thiophene rings is 1. The summed E-state index contributed by atoms with van der Waals surface area (Å²) in [6.45, 7) is 4.08. The zero-order valence-electron chi connectivity index (χ0n) is 14.6. The Labute approximate surface area is 154 Å². The van der Waals surface area contributed by atoms with Crippen LogP contribution in [0.3, 0.4) is 0 Å². The second-order valence-corrected chi connectivity index (χ2v) is 8.53. The molecule has 132 valence electrons. The Morgan fingerprint density at radius 3 is 2.68 bits per heavy atom. The molecule has 1 spiro atoms. The minimum Gasteiger partial charge on any atom is -0.356 e. The molecular formula is C21H26N2OS. The van der Waals surface area contributed by atoms with Gasteiger partial charge in [0.25, 0.3) is 0 Å². The Hall–Kier alpha value is -1.65. The van der Waals surface area contributed by atoms with Gasteiger partial charge in [0, 0.05) is 23.9 Å². The highest BCUT2D eigenvalue weighted by Gasteiger charge is 2.58. The molecule has 0 bridgehead atoms. The molecule has 1 atom stereocenters. The van der Waals surface area contributed by atoms with E-state index in [1.165, 1.54) is 23.3 Å².